The van der Waals surface area contributed by atoms with E-state index in [0.29, 0.717) is 0 Å². The third-order valence-electron chi connectivity index (χ3n) is 4.52. The van der Waals surface area contributed by atoms with Crippen molar-refractivity contribution in [2.24, 2.45) is 12.0 Å². The van der Waals surface area contributed by atoms with Gasteiger partial charge in [0.2, 0.25) is 0 Å². The summed E-state index contributed by atoms with van der Waals surface area (Å²) in [6, 6.07) is 4.25. The Labute approximate surface area is 174 Å². The highest BCUT2D eigenvalue weighted by Crippen LogP contribution is 2.35. The van der Waals surface area contributed by atoms with Crippen LogP contribution < -0.4 is 5.32 Å². The molecule has 0 aliphatic carbocycles. The van der Waals surface area contributed by atoms with E-state index in [1.165, 1.54) is 5.69 Å². The average Bonchev–Trinajstić information content (AvgIpc) is 2.97. The topological polar surface area (TPSA) is 41.8 Å². The van der Waals surface area contributed by atoms with Gasteiger partial charge in [-0.3, -0.25) is 4.99 Å². The first-order valence-electron chi connectivity index (χ1n) is 8.91. The molecule has 25 heavy (non-hydrogen) atoms. The zero-order chi connectivity index (χ0) is 17.4. The quantitative estimate of drug-likeness (QED) is 0.369. The molecule has 1 aliphatic rings. The highest BCUT2D eigenvalue weighted by atomic mass is 127. The van der Waals surface area contributed by atoms with Gasteiger partial charge in [0.15, 0.2) is 5.96 Å². The van der Waals surface area contributed by atoms with Crippen LogP contribution in [0.15, 0.2) is 23.3 Å². The number of rotatable bonds is 7. The van der Waals surface area contributed by atoms with Crippen LogP contribution in [0.3, 0.4) is 0 Å². The third-order valence-corrected chi connectivity index (χ3v) is 5.96. The highest BCUT2D eigenvalue weighted by molar-refractivity contribution is 14.0. The van der Waals surface area contributed by atoms with Crippen molar-refractivity contribution < 1.29 is 4.74 Å². The molecule has 0 bridgehead atoms. The number of nitrogens with one attached hydrogen (secondary N) is 1. The summed E-state index contributed by atoms with van der Waals surface area (Å²) in [7, 11) is 4.19. The lowest BCUT2D eigenvalue weighted by Gasteiger charge is -2.35. The Morgan fingerprint density at radius 1 is 1.40 bits per heavy atom. The Morgan fingerprint density at radius 3 is 2.68 bits per heavy atom. The molecule has 1 aromatic rings. The van der Waals surface area contributed by atoms with Crippen molar-refractivity contribution in [1.29, 1.82) is 0 Å². The van der Waals surface area contributed by atoms with E-state index in [-0.39, 0.29) is 28.7 Å². The van der Waals surface area contributed by atoms with Crippen LogP contribution in [0, 0.1) is 0 Å². The minimum Gasteiger partial charge on any atom is -0.381 e. The van der Waals surface area contributed by atoms with Gasteiger partial charge in [-0.1, -0.05) is 6.92 Å². The SMILES string of the molecule is CCNC(=NCC1(SCC)CCOCC1)N(C)Cc1cccn1C.I. The van der Waals surface area contributed by atoms with E-state index in [9.17, 15) is 0 Å². The van der Waals surface area contributed by atoms with Crippen molar-refractivity contribution in [2.75, 3.05) is 39.1 Å². The minimum atomic E-state index is 0. The molecule has 7 heteroatoms. The van der Waals surface area contributed by atoms with Crippen molar-refractivity contribution in [2.45, 2.75) is 38.0 Å². The summed E-state index contributed by atoms with van der Waals surface area (Å²) in [4.78, 5) is 7.19. The van der Waals surface area contributed by atoms with Crippen molar-refractivity contribution in [1.82, 2.24) is 14.8 Å². The van der Waals surface area contributed by atoms with E-state index in [2.05, 4.69) is 61.1 Å². The van der Waals surface area contributed by atoms with Crippen molar-refractivity contribution in [3.05, 3.63) is 24.0 Å². The van der Waals surface area contributed by atoms with E-state index in [4.69, 9.17) is 9.73 Å². The second-order valence-corrected chi connectivity index (χ2v) is 8.10. The predicted octanol–water partition coefficient (Wildman–Crippen LogP) is 3.34. The van der Waals surface area contributed by atoms with Crippen LogP contribution in [0.4, 0.5) is 0 Å². The predicted molar refractivity (Wildman–Crippen MR) is 119 cm³/mol. The molecule has 0 atom stereocenters. The zero-order valence-electron chi connectivity index (χ0n) is 16.0. The van der Waals surface area contributed by atoms with Gasteiger partial charge < -0.3 is 19.5 Å². The maximum absolute atomic E-state index is 5.57. The number of hydrogen-bond donors (Lipinski definition) is 1. The molecule has 0 unspecified atom stereocenters. The van der Waals surface area contributed by atoms with E-state index >= 15 is 0 Å². The third kappa shape index (κ3) is 6.67. The lowest BCUT2D eigenvalue weighted by Crippen LogP contribution is -2.42. The molecular formula is C18H33IN4OS. The number of ether oxygens (including phenoxy) is 1. The van der Waals surface area contributed by atoms with Gasteiger partial charge >= 0.3 is 0 Å². The first kappa shape index (κ1) is 22.6. The van der Waals surface area contributed by atoms with E-state index < -0.39 is 0 Å². The van der Waals surface area contributed by atoms with Crippen molar-refractivity contribution in [3.63, 3.8) is 0 Å². The molecule has 5 nitrogen and oxygen atoms in total. The number of nitrogens with zero attached hydrogens (tertiary/aromatic N) is 3. The summed E-state index contributed by atoms with van der Waals surface area (Å²) in [6.45, 7) is 8.67. The summed E-state index contributed by atoms with van der Waals surface area (Å²) in [5, 5.41) is 3.44. The lowest BCUT2D eigenvalue weighted by atomic mass is 9.99. The number of guanidine groups is 1. The van der Waals surface area contributed by atoms with Crippen LogP contribution in [-0.4, -0.2) is 59.3 Å². The van der Waals surface area contributed by atoms with Crippen LogP contribution in [0.2, 0.25) is 0 Å². The van der Waals surface area contributed by atoms with Crippen molar-refractivity contribution in [3.8, 4) is 0 Å². The zero-order valence-corrected chi connectivity index (χ0v) is 19.1. The fourth-order valence-electron chi connectivity index (χ4n) is 3.06. The van der Waals surface area contributed by atoms with Gasteiger partial charge in [-0.25, -0.2) is 0 Å². The maximum atomic E-state index is 5.57. The van der Waals surface area contributed by atoms with Gasteiger partial charge in [0, 0.05) is 50.5 Å². The summed E-state index contributed by atoms with van der Waals surface area (Å²) in [6.07, 6.45) is 4.27. The van der Waals surface area contributed by atoms with Crippen LogP contribution in [0.25, 0.3) is 0 Å². The van der Waals surface area contributed by atoms with Crippen LogP contribution in [0.1, 0.15) is 32.4 Å². The highest BCUT2D eigenvalue weighted by Gasteiger charge is 2.32. The van der Waals surface area contributed by atoms with Gasteiger partial charge in [0.25, 0.3) is 0 Å². The summed E-state index contributed by atoms with van der Waals surface area (Å²) in [5.41, 5.74) is 1.28. The van der Waals surface area contributed by atoms with E-state index in [0.717, 1.165) is 57.4 Å². The normalized spacial score (nSPS) is 17.0. The van der Waals surface area contributed by atoms with E-state index in [1.54, 1.807) is 0 Å². The number of aliphatic imine (C=N–C) groups is 1. The fraction of sp³-hybridized carbons (Fsp3) is 0.722. The van der Waals surface area contributed by atoms with Crippen LogP contribution in [-0.2, 0) is 18.3 Å². The van der Waals surface area contributed by atoms with Gasteiger partial charge in [0.1, 0.15) is 0 Å². The largest absolute Gasteiger partial charge is 0.381 e. The molecule has 0 amide bonds. The summed E-state index contributed by atoms with van der Waals surface area (Å²) < 4.78 is 7.96. The van der Waals surface area contributed by atoms with Crippen LogP contribution >= 0.6 is 35.7 Å². The average molecular weight is 480 g/mol. The molecule has 1 fully saturated rings. The fourth-order valence-corrected chi connectivity index (χ4v) is 4.29. The molecule has 0 saturated carbocycles. The number of aryl methyl sites for hydroxylation is 1. The molecule has 144 valence electrons. The molecule has 2 heterocycles. The summed E-state index contributed by atoms with van der Waals surface area (Å²) in [5.74, 6) is 2.12. The molecule has 1 aromatic heterocycles. The second kappa shape index (κ2) is 11.3. The van der Waals surface area contributed by atoms with Crippen molar-refractivity contribution >= 4 is 41.7 Å². The Balaban J connectivity index is 0.00000312. The molecule has 0 aromatic carbocycles. The molecular weight excluding hydrogens is 447 g/mol. The molecule has 1 N–H and O–H groups in total. The Kier molecular flexibility index (Phi) is 10.3. The molecule has 0 radical (unpaired) electrons. The molecule has 1 aliphatic heterocycles. The number of aromatic nitrogens is 1. The maximum Gasteiger partial charge on any atom is 0.194 e. The van der Waals surface area contributed by atoms with Gasteiger partial charge in [0.05, 0.1) is 13.1 Å². The lowest BCUT2D eigenvalue weighted by molar-refractivity contribution is 0.0793. The monoisotopic (exact) mass is 480 g/mol. The van der Waals surface area contributed by atoms with Gasteiger partial charge in [-0.05, 0) is 37.7 Å². The Hall–Kier alpha value is -0.410. The second-order valence-electron chi connectivity index (χ2n) is 6.37. The standard InChI is InChI=1S/C18H32N4OS.HI/c1-5-19-17(22(4)14-16-8-7-11-21(16)3)20-15-18(24-6-2)9-12-23-13-10-18;/h7-8,11H,5-6,9-10,12-15H2,1-4H3,(H,19,20);1H. The molecule has 2 rings (SSSR count). The van der Waals surface area contributed by atoms with Gasteiger partial charge in [-0.2, -0.15) is 11.8 Å². The molecule has 0 spiro atoms. The number of hydrogen-bond acceptors (Lipinski definition) is 3. The number of halogens is 1. The van der Waals surface area contributed by atoms with Gasteiger partial charge in [-0.15, -0.1) is 24.0 Å². The Morgan fingerprint density at radius 2 is 2.12 bits per heavy atom. The van der Waals surface area contributed by atoms with Crippen LogP contribution in [0.5, 0.6) is 0 Å². The summed E-state index contributed by atoms with van der Waals surface area (Å²) >= 11 is 2.04. The smallest absolute Gasteiger partial charge is 0.194 e. The minimum absolute atomic E-state index is 0. The Bertz CT molecular complexity index is 523. The van der Waals surface area contributed by atoms with E-state index in [1.807, 2.05) is 11.8 Å². The first-order chi connectivity index (χ1) is 11.6. The molecule has 1 saturated heterocycles. The number of thioether (sulfide) groups is 1. The first-order valence-corrected chi connectivity index (χ1v) is 9.90.